The lowest BCUT2D eigenvalue weighted by Crippen LogP contribution is -2.45. The predicted octanol–water partition coefficient (Wildman–Crippen LogP) is 3.06. The first-order valence-electron chi connectivity index (χ1n) is 6.36. The van der Waals surface area contributed by atoms with Gasteiger partial charge in [0, 0.05) is 17.1 Å². The van der Waals surface area contributed by atoms with Crippen LogP contribution in [0.2, 0.25) is 0 Å². The van der Waals surface area contributed by atoms with Gasteiger partial charge in [0.2, 0.25) is 0 Å². The summed E-state index contributed by atoms with van der Waals surface area (Å²) in [5.74, 6) is 0.447. The Balaban J connectivity index is 0.00000200. The summed E-state index contributed by atoms with van der Waals surface area (Å²) in [6, 6.07) is 10.2. The SMILES string of the molecule is CC(C)(C)NC(N)=NCc1nccc2ccccc12.I. The Labute approximate surface area is 136 Å². The van der Waals surface area contributed by atoms with Gasteiger partial charge in [-0.3, -0.25) is 4.98 Å². The molecule has 0 unspecified atom stereocenters. The molecular weight excluding hydrogens is 363 g/mol. The molecule has 0 aliphatic rings. The van der Waals surface area contributed by atoms with E-state index >= 15 is 0 Å². The number of nitrogens with two attached hydrogens (primary N) is 1. The highest BCUT2D eigenvalue weighted by atomic mass is 127. The molecule has 0 bridgehead atoms. The number of benzene rings is 1. The first-order chi connectivity index (χ1) is 8.96. The number of nitrogens with zero attached hydrogens (tertiary/aromatic N) is 2. The van der Waals surface area contributed by atoms with Gasteiger partial charge in [-0.1, -0.05) is 24.3 Å². The van der Waals surface area contributed by atoms with Crippen molar-refractivity contribution in [3.8, 4) is 0 Å². The summed E-state index contributed by atoms with van der Waals surface area (Å²) in [5.41, 5.74) is 6.72. The van der Waals surface area contributed by atoms with Crippen molar-refractivity contribution in [2.45, 2.75) is 32.9 Å². The highest BCUT2D eigenvalue weighted by Gasteiger charge is 2.09. The second kappa shape index (κ2) is 6.88. The van der Waals surface area contributed by atoms with Crippen LogP contribution in [0.1, 0.15) is 26.5 Å². The Kier molecular flexibility index (Phi) is 5.74. The van der Waals surface area contributed by atoms with Gasteiger partial charge < -0.3 is 11.1 Å². The number of fused-ring (bicyclic) bond motifs is 1. The van der Waals surface area contributed by atoms with Crippen LogP contribution < -0.4 is 11.1 Å². The summed E-state index contributed by atoms with van der Waals surface area (Å²) in [6.07, 6.45) is 1.81. The Bertz CT molecular complexity index is 597. The van der Waals surface area contributed by atoms with E-state index in [4.69, 9.17) is 5.73 Å². The standard InChI is InChI=1S/C15H20N4.HI/c1-15(2,3)19-14(16)18-10-13-12-7-5-4-6-11(12)8-9-17-13;/h4-9H,10H2,1-3H3,(H3,16,18,19);1H. The second-order valence-corrected chi connectivity index (χ2v) is 5.56. The molecule has 3 N–H and O–H groups in total. The molecule has 1 heterocycles. The van der Waals surface area contributed by atoms with Crippen LogP contribution in [0.15, 0.2) is 41.5 Å². The van der Waals surface area contributed by atoms with Crippen LogP contribution in [0.4, 0.5) is 0 Å². The Morgan fingerprint density at radius 3 is 2.65 bits per heavy atom. The fraction of sp³-hybridized carbons (Fsp3) is 0.333. The van der Waals surface area contributed by atoms with Gasteiger partial charge in [-0.15, -0.1) is 24.0 Å². The van der Waals surface area contributed by atoms with Crippen molar-refractivity contribution in [1.82, 2.24) is 10.3 Å². The van der Waals surface area contributed by atoms with Gasteiger partial charge in [0.25, 0.3) is 0 Å². The molecule has 0 aliphatic carbocycles. The normalized spacial score (nSPS) is 12.1. The van der Waals surface area contributed by atoms with Crippen molar-refractivity contribution in [2.24, 2.45) is 10.7 Å². The van der Waals surface area contributed by atoms with Gasteiger partial charge in [0.1, 0.15) is 0 Å². The molecule has 0 fully saturated rings. The van der Waals surface area contributed by atoms with Gasteiger partial charge in [-0.25, -0.2) is 4.99 Å². The van der Waals surface area contributed by atoms with Gasteiger partial charge >= 0.3 is 0 Å². The maximum Gasteiger partial charge on any atom is 0.189 e. The number of halogens is 1. The number of nitrogens with one attached hydrogen (secondary N) is 1. The summed E-state index contributed by atoms with van der Waals surface area (Å²) < 4.78 is 0. The van der Waals surface area contributed by atoms with E-state index in [1.807, 2.05) is 39.0 Å². The van der Waals surface area contributed by atoms with Crippen molar-refractivity contribution in [1.29, 1.82) is 0 Å². The summed E-state index contributed by atoms with van der Waals surface area (Å²) >= 11 is 0. The molecule has 1 aromatic heterocycles. The van der Waals surface area contributed by atoms with Gasteiger partial charge in [-0.05, 0) is 32.2 Å². The van der Waals surface area contributed by atoms with Crippen LogP contribution in [0.3, 0.4) is 0 Å². The average Bonchev–Trinajstić information content (AvgIpc) is 2.34. The van der Waals surface area contributed by atoms with Gasteiger partial charge in [0.15, 0.2) is 5.96 Å². The molecule has 0 saturated carbocycles. The Morgan fingerprint density at radius 2 is 1.95 bits per heavy atom. The van der Waals surface area contributed by atoms with Crippen molar-refractivity contribution in [3.05, 3.63) is 42.2 Å². The van der Waals surface area contributed by atoms with E-state index in [1.54, 1.807) is 6.20 Å². The fourth-order valence-corrected chi connectivity index (χ4v) is 1.89. The molecule has 0 spiro atoms. The van der Waals surface area contributed by atoms with E-state index < -0.39 is 0 Å². The number of hydrogen-bond donors (Lipinski definition) is 2. The number of guanidine groups is 1. The molecule has 0 saturated heterocycles. The van der Waals surface area contributed by atoms with Crippen molar-refractivity contribution >= 4 is 40.7 Å². The van der Waals surface area contributed by atoms with Crippen molar-refractivity contribution in [3.63, 3.8) is 0 Å². The Morgan fingerprint density at radius 1 is 1.25 bits per heavy atom. The first-order valence-corrected chi connectivity index (χ1v) is 6.36. The van der Waals surface area contributed by atoms with Crippen LogP contribution in [-0.2, 0) is 6.54 Å². The van der Waals surface area contributed by atoms with Crippen LogP contribution in [0, 0.1) is 0 Å². The zero-order chi connectivity index (χ0) is 13.9. The molecule has 0 radical (unpaired) electrons. The summed E-state index contributed by atoms with van der Waals surface area (Å²) in [7, 11) is 0. The van der Waals surface area contributed by atoms with E-state index in [0.717, 1.165) is 11.1 Å². The maximum absolute atomic E-state index is 5.86. The minimum atomic E-state index is -0.0836. The zero-order valence-corrected chi connectivity index (χ0v) is 14.4. The number of hydrogen-bond acceptors (Lipinski definition) is 2. The molecule has 0 atom stereocenters. The van der Waals surface area contributed by atoms with E-state index in [-0.39, 0.29) is 29.5 Å². The van der Waals surface area contributed by atoms with E-state index in [9.17, 15) is 0 Å². The average molecular weight is 384 g/mol. The summed E-state index contributed by atoms with van der Waals surface area (Å²) in [6.45, 7) is 6.62. The molecule has 4 nitrogen and oxygen atoms in total. The monoisotopic (exact) mass is 384 g/mol. The molecule has 1 aromatic carbocycles. The third-order valence-electron chi connectivity index (χ3n) is 2.66. The third kappa shape index (κ3) is 4.63. The largest absolute Gasteiger partial charge is 0.370 e. The smallest absolute Gasteiger partial charge is 0.189 e. The lowest BCUT2D eigenvalue weighted by atomic mass is 10.1. The summed E-state index contributed by atoms with van der Waals surface area (Å²) in [5, 5.41) is 5.43. The second-order valence-electron chi connectivity index (χ2n) is 5.56. The predicted molar refractivity (Wildman–Crippen MR) is 95.4 cm³/mol. The minimum Gasteiger partial charge on any atom is -0.370 e. The molecule has 2 rings (SSSR count). The van der Waals surface area contributed by atoms with E-state index in [2.05, 4.69) is 27.4 Å². The third-order valence-corrected chi connectivity index (χ3v) is 2.66. The number of rotatable bonds is 2. The Hall–Kier alpha value is -1.37. The number of pyridine rings is 1. The van der Waals surface area contributed by atoms with Crippen LogP contribution in [0.25, 0.3) is 10.8 Å². The van der Waals surface area contributed by atoms with Gasteiger partial charge in [-0.2, -0.15) is 0 Å². The molecule has 20 heavy (non-hydrogen) atoms. The highest BCUT2D eigenvalue weighted by molar-refractivity contribution is 14.0. The lowest BCUT2D eigenvalue weighted by Gasteiger charge is -2.21. The first kappa shape index (κ1) is 16.7. The maximum atomic E-state index is 5.86. The van der Waals surface area contributed by atoms with Crippen LogP contribution >= 0.6 is 24.0 Å². The highest BCUT2D eigenvalue weighted by Crippen LogP contribution is 2.16. The van der Waals surface area contributed by atoms with E-state index in [1.165, 1.54) is 5.39 Å². The van der Waals surface area contributed by atoms with Gasteiger partial charge in [0.05, 0.1) is 12.2 Å². The molecule has 0 aliphatic heterocycles. The topological polar surface area (TPSA) is 63.3 Å². The molecule has 2 aromatic rings. The molecule has 0 amide bonds. The fourth-order valence-electron chi connectivity index (χ4n) is 1.89. The van der Waals surface area contributed by atoms with Crippen LogP contribution in [0.5, 0.6) is 0 Å². The number of aromatic nitrogens is 1. The number of aliphatic imine (C=N–C) groups is 1. The molecular formula is C15H21IN4. The van der Waals surface area contributed by atoms with Crippen LogP contribution in [-0.4, -0.2) is 16.5 Å². The quantitative estimate of drug-likeness (QED) is 0.475. The van der Waals surface area contributed by atoms with Crippen molar-refractivity contribution < 1.29 is 0 Å². The minimum absolute atomic E-state index is 0. The lowest BCUT2D eigenvalue weighted by molar-refractivity contribution is 0.508. The summed E-state index contributed by atoms with van der Waals surface area (Å²) in [4.78, 5) is 8.74. The molecule has 5 heteroatoms. The van der Waals surface area contributed by atoms with Crippen molar-refractivity contribution in [2.75, 3.05) is 0 Å². The molecule has 108 valence electrons. The van der Waals surface area contributed by atoms with E-state index in [0.29, 0.717) is 12.5 Å². The zero-order valence-electron chi connectivity index (χ0n) is 12.1.